The van der Waals surface area contributed by atoms with Gasteiger partial charge in [0.2, 0.25) is 11.5 Å². The number of benzene rings is 1. The van der Waals surface area contributed by atoms with E-state index in [4.69, 9.17) is 14.2 Å². The van der Waals surface area contributed by atoms with Crippen LogP contribution in [0.15, 0.2) is 42.0 Å². The third-order valence-corrected chi connectivity index (χ3v) is 3.56. The van der Waals surface area contributed by atoms with Gasteiger partial charge in [-0.25, -0.2) is 0 Å². The highest BCUT2D eigenvalue weighted by Crippen LogP contribution is 2.47. The quantitative estimate of drug-likeness (QED) is 0.233. The van der Waals surface area contributed by atoms with E-state index >= 15 is 0 Å². The number of nitrogens with zero attached hydrogens (tertiary/aromatic N) is 1. The molecule has 1 aromatic rings. The van der Waals surface area contributed by atoms with Gasteiger partial charge in [0.05, 0.1) is 26.3 Å². The van der Waals surface area contributed by atoms with Gasteiger partial charge in [-0.3, -0.25) is 14.9 Å². The molecule has 0 amide bonds. The zero-order valence-corrected chi connectivity index (χ0v) is 14.9. The molecule has 0 aliphatic carbocycles. The number of Topliss-reactive ketones (excluding diaryl/α,β-unsaturated/α-hetero) is 1. The van der Waals surface area contributed by atoms with Crippen molar-refractivity contribution in [3.8, 4) is 17.2 Å². The minimum absolute atomic E-state index is 0.0497. The lowest BCUT2D eigenvalue weighted by Crippen LogP contribution is -2.11. The zero-order valence-electron chi connectivity index (χ0n) is 14.9. The SMILES string of the molecule is C=C/C=C(C)/C(=C\C)C(=O)c1cc(OC)c(OC)c(OC)c1[N+](=O)[O-]. The molecule has 0 aromatic heterocycles. The Hall–Kier alpha value is -3.09. The van der Waals surface area contributed by atoms with Crippen LogP contribution in [0.4, 0.5) is 5.69 Å². The number of nitro groups is 1. The van der Waals surface area contributed by atoms with Crippen LogP contribution < -0.4 is 14.2 Å². The fourth-order valence-corrected chi connectivity index (χ4v) is 2.44. The van der Waals surface area contributed by atoms with Crippen LogP contribution in [-0.2, 0) is 0 Å². The second kappa shape index (κ2) is 8.68. The Morgan fingerprint density at radius 3 is 2.20 bits per heavy atom. The predicted octanol–water partition coefficient (Wildman–Crippen LogP) is 3.88. The maximum Gasteiger partial charge on any atom is 0.326 e. The minimum Gasteiger partial charge on any atom is -0.493 e. The van der Waals surface area contributed by atoms with Gasteiger partial charge >= 0.3 is 5.69 Å². The summed E-state index contributed by atoms with van der Waals surface area (Å²) in [5.41, 5.74) is 0.322. The average Bonchev–Trinajstić information content (AvgIpc) is 2.59. The normalized spacial score (nSPS) is 11.7. The molecule has 0 N–H and O–H groups in total. The molecule has 7 nitrogen and oxygen atoms in total. The number of nitro benzene ring substituents is 1. The van der Waals surface area contributed by atoms with Gasteiger partial charge in [0.1, 0.15) is 5.56 Å². The first kappa shape index (κ1) is 20.0. The second-order valence-corrected chi connectivity index (χ2v) is 4.92. The fraction of sp³-hybridized carbons (Fsp3) is 0.278. The standard InChI is InChI=1S/C18H21NO6/c1-7-9-11(3)12(8-2)16(20)13-10-14(23-4)17(24-5)18(25-6)15(13)19(21)22/h7-10H,1H2,2-6H3/b11-9+,12-8+. The smallest absolute Gasteiger partial charge is 0.326 e. The van der Waals surface area contributed by atoms with Crippen molar-refractivity contribution in [2.24, 2.45) is 0 Å². The molecular formula is C18H21NO6. The molecule has 0 saturated heterocycles. The monoisotopic (exact) mass is 347 g/mol. The average molecular weight is 347 g/mol. The van der Waals surface area contributed by atoms with Gasteiger partial charge in [0.25, 0.3) is 0 Å². The first-order valence-electron chi connectivity index (χ1n) is 7.35. The Morgan fingerprint density at radius 2 is 1.80 bits per heavy atom. The van der Waals surface area contributed by atoms with Gasteiger partial charge in [-0.05, 0) is 19.4 Å². The molecule has 0 fully saturated rings. The Bertz CT molecular complexity index is 761. The fourth-order valence-electron chi connectivity index (χ4n) is 2.44. The molecule has 1 aromatic carbocycles. The number of ether oxygens (including phenoxy) is 3. The molecule has 0 aliphatic rings. The summed E-state index contributed by atoms with van der Waals surface area (Å²) in [6.07, 6.45) is 4.78. The topological polar surface area (TPSA) is 87.9 Å². The molecule has 0 bridgehead atoms. The van der Waals surface area contributed by atoms with E-state index in [1.807, 2.05) is 0 Å². The van der Waals surface area contributed by atoms with Crippen LogP contribution in [-0.4, -0.2) is 32.0 Å². The Balaban J connectivity index is 3.80. The maximum absolute atomic E-state index is 13.0. The molecule has 7 heteroatoms. The van der Waals surface area contributed by atoms with Crippen LogP contribution >= 0.6 is 0 Å². The van der Waals surface area contributed by atoms with Crippen molar-refractivity contribution in [1.82, 2.24) is 0 Å². The number of hydrogen-bond acceptors (Lipinski definition) is 6. The van der Waals surface area contributed by atoms with Gasteiger partial charge in [0, 0.05) is 11.6 Å². The molecule has 0 spiro atoms. The van der Waals surface area contributed by atoms with E-state index in [1.54, 1.807) is 26.0 Å². The van der Waals surface area contributed by atoms with Crippen molar-refractivity contribution in [3.05, 3.63) is 57.7 Å². The maximum atomic E-state index is 13.0. The minimum atomic E-state index is -0.673. The largest absolute Gasteiger partial charge is 0.493 e. The van der Waals surface area contributed by atoms with Gasteiger partial charge < -0.3 is 14.2 Å². The van der Waals surface area contributed by atoms with E-state index in [0.29, 0.717) is 11.1 Å². The summed E-state index contributed by atoms with van der Waals surface area (Å²) < 4.78 is 15.5. The number of rotatable bonds is 8. The van der Waals surface area contributed by atoms with E-state index in [0.717, 1.165) is 0 Å². The first-order valence-corrected chi connectivity index (χ1v) is 7.35. The van der Waals surface area contributed by atoms with Crippen molar-refractivity contribution in [2.75, 3.05) is 21.3 Å². The summed E-state index contributed by atoms with van der Waals surface area (Å²) in [7, 11) is 3.97. The van der Waals surface area contributed by atoms with Crippen molar-refractivity contribution < 1.29 is 23.9 Å². The zero-order chi connectivity index (χ0) is 19.1. The Morgan fingerprint density at radius 1 is 1.20 bits per heavy atom. The highest BCUT2D eigenvalue weighted by atomic mass is 16.6. The summed E-state index contributed by atoms with van der Waals surface area (Å²) in [6, 6.07) is 1.28. The van der Waals surface area contributed by atoms with Crippen LogP contribution in [0.25, 0.3) is 0 Å². The van der Waals surface area contributed by atoms with Crippen molar-refractivity contribution in [2.45, 2.75) is 13.8 Å². The lowest BCUT2D eigenvalue weighted by atomic mass is 9.95. The highest BCUT2D eigenvalue weighted by molar-refractivity contribution is 6.14. The summed E-state index contributed by atoms with van der Waals surface area (Å²) in [5.74, 6) is -0.484. The summed E-state index contributed by atoms with van der Waals surface area (Å²) in [5, 5.41) is 11.6. The molecule has 25 heavy (non-hydrogen) atoms. The Labute approximate surface area is 146 Å². The highest BCUT2D eigenvalue weighted by Gasteiger charge is 2.33. The van der Waals surface area contributed by atoms with Crippen molar-refractivity contribution in [3.63, 3.8) is 0 Å². The summed E-state index contributed by atoms with van der Waals surface area (Å²) in [4.78, 5) is 23.9. The summed E-state index contributed by atoms with van der Waals surface area (Å²) in [6.45, 7) is 6.99. The summed E-state index contributed by atoms with van der Waals surface area (Å²) >= 11 is 0. The molecular weight excluding hydrogens is 326 g/mol. The molecule has 1 rings (SSSR count). The number of methoxy groups -OCH3 is 3. The molecule has 134 valence electrons. The van der Waals surface area contributed by atoms with Crippen LogP contribution in [0, 0.1) is 10.1 Å². The predicted molar refractivity (Wildman–Crippen MR) is 94.8 cm³/mol. The first-order chi connectivity index (χ1) is 11.9. The third-order valence-electron chi connectivity index (χ3n) is 3.56. The lowest BCUT2D eigenvalue weighted by molar-refractivity contribution is -0.386. The third kappa shape index (κ3) is 3.88. The van der Waals surface area contributed by atoms with Crippen LogP contribution in [0.1, 0.15) is 24.2 Å². The van der Waals surface area contributed by atoms with Crippen molar-refractivity contribution >= 4 is 11.5 Å². The Kier molecular flexibility index (Phi) is 6.93. The molecule has 0 radical (unpaired) electrons. The van der Waals surface area contributed by atoms with Gasteiger partial charge in [-0.1, -0.05) is 24.8 Å². The molecule has 0 aliphatic heterocycles. The number of carbonyl (C=O) groups is 1. The van der Waals surface area contributed by atoms with Gasteiger partial charge in [-0.2, -0.15) is 0 Å². The number of allylic oxidation sites excluding steroid dienone is 5. The van der Waals surface area contributed by atoms with E-state index in [2.05, 4.69) is 6.58 Å². The van der Waals surface area contributed by atoms with E-state index in [-0.39, 0.29) is 22.8 Å². The molecule has 0 saturated carbocycles. The van der Waals surface area contributed by atoms with Crippen LogP contribution in [0.2, 0.25) is 0 Å². The van der Waals surface area contributed by atoms with Crippen LogP contribution in [0.5, 0.6) is 17.2 Å². The van der Waals surface area contributed by atoms with Crippen LogP contribution in [0.3, 0.4) is 0 Å². The lowest BCUT2D eigenvalue weighted by Gasteiger charge is -2.15. The number of ketones is 1. The van der Waals surface area contributed by atoms with E-state index in [9.17, 15) is 14.9 Å². The van der Waals surface area contributed by atoms with E-state index < -0.39 is 16.4 Å². The molecule has 0 heterocycles. The van der Waals surface area contributed by atoms with E-state index in [1.165, 1.54) is 33.5 Å². The second-order valence-electron chi connectivity index (χ2n) is 4.92. The molecule has 0 unspecified atom stereocenters. The number of hydrogen-bond donors (Lipinski definition) is 0. The van der Waals surface area contributed by atoms with Gasteiger partial charge in [-0.15, -0.1) is 0 Å². The van der Waals surface area contributed by atoms with Gasteiger partial charge in [0.15, 0.2) is 11.5 Å². The van der Waals surface area contributed by atoms with Crippen molar-refractivity contribution in [1.29, 1.82) is 0 Å². The molecule has 0 atom stereocenters. The number of carbonyl (C=O) groups excluding carboxylic acids is 1.